The number of unbranched alkanes of at least 4 members (excludes halogenated alkanes) is 1. The number of carboxylic acids is 5. The number of benzene rings is 3. The SMILES string of the molecule is CCCC[C@@H]1NC(=O)[C@H](C(C)C)NC(=O)[C@H](Cc2c[nH]cn2)NC(=O)[C@H]([C@@H](C)CC)NC(=O)[C@H](CC(=O)O)NC(=O)[C@@H](N)CSSC[C@@H](C(=O)N[C@@H](Cc2ccccc2)C(=O)N[C@@H](CCC(=O)O)C(=O)N[C@@H](CCCNC(=N)N)C(=O)N[C@@H](CC(C)C)C(=O)O)NC(=O)[C@H](CCC(=O)O)NC(=O)[C@H](Cc2c[nH]c3ccccc23)NC(=O)[C@H](CCC(=O)O)NC(=O)[C@H](Cc2c[nH]c3ccccc23)NC1=O. The number of aromatic amines is 3. The number of hydrogen-bond donors (Lipinski definition) is 26. The second-order valence-electron chi connectivity index (χ2n) is 34.6. The van der Waals surface area contributed by atoms with E-state index in [0.717, 1.165) is 10.8 Å². The molecular formula is C91H126N22O24S2. The van der Waals surface area contributed by atoms with Crippen molar-refractivity contribution in [3.05, 3.63) is 126 Å². The van der Waals surface area contributed by atoms with Gasteiger partial charge in [-0.25, -0.2) is 9.78 Å². The molecule has 756 valence electrons. The first-order valence-electron chi connectivity index (χ1n) is 45.6. The molecule has 28 N–H and O–H groups in total. The van der Waals surface area contributed by atoms with E-state index in [0.29, 0.717) is 55.7 Å². The van der Waals surface area contributed by atoms with Crippen LogP contribution < -0.4 is 91.2 Å². The van der Waals surface area contributed by atoms with Crippen LogP contribution >= 0.6 is 21.6 Å². The average molecular weight is 1980 g/mol. The van der Waals surface area contributed by atoms with E-state index in [-0.39, 0.29) is 69.5 Å². The Kier molecular flexibility index (Phi) is 44.9. The van der Waals surface area contributed by atoms with Gasteiger partial charge in [0.25, 0.3) is 0 Å². The number of rotatable bonds is 40. The molecule has 139 heavy (non-hydrogen) atoms. The first kappa shape index (κ1) is 112. The number of para-hydroxylation sites is 2. The van der Waals surface area contributed by atoms with Crippen LogP contribution in [0.4, 0.5) is 0 Å². The number of carbonyl (C=O) groups is 19. The molecule has 1 aliphatic heterocycles. The topological polar surface area (TPSA) is 742 Å². The van der Waals surface area contributed by atoms with Crippen molar-refractivity contribution in [2.75, 3.05) is 18.1 Å². The van der Waals surface area contributed by atoms with Gasteiger partial charge >= 0.3 is 29.8 Å². The van der Waals surface area contributed by atoms with E-state index >= 15 is 33.6 Å². The summed E-state index contributed by atoms with van der Waals surface area (Å²) in [7, 11) is 1.44. The maximum atomic E-state index is 15.5. The van der Waals surface area contributed by atoms with Crippen molar-refractivity contribution in [3.8, 4) is 0 Å². The molecule has 0 radical (unpaired) electrons. The molecule has 1 fully saturated rings. The number of fused-ring (bicyclic) bond motifs is 2. The Labute approximate surface area is 807 Å². The number of aliphatic carboxylic acids is 5. The third kappa shape index (κ3) is 36.7. The van der Waals surface area contributed by atoms with Crippen LogP contribution in [0.25, 0.3) is 21.8 Å². The van der Waals surface area contributed by atoms with Crippen molar-refractivity contribution in [2.45, 2.75) is 255 Å². The molecule has 16 atom stereocenters. The largest absolute Gasteiger partial charge is 0.481 e. The van der Waals surface area contributed by atoms with Crippen molar-refractivity contribution in [2.24, 2.45) is 29.2 Å². The maximum Gasteiger partial charge on any atom is 0.326 e. The maximum absolute atomic E-state index is 15.5. The van der Waals surface area contributed by atoms with Gasteiger partial charge in [0.15, 0.2) is 5.96 Å². The lowest BCUT2D eigenvalue weighted by Crippen LogP contribution is -2.62. The summed E-state index contributed by atoms with van der Waals surface area (Å²) in [5.41, 5.74) is 14.4. The van der Waals surface area contributed by atoms with E-state index in [2.05, 4.69) is 99.7 Å². The highest BCUT2D eigenvalue weighted by Gasteiger charge is 2.42. The fraction of sp³-hybridized carbons (Fsp3) is 0.505. The third-order valence-corrected chi connectivity index (χ3v) is 25.3. The summed E-state index contributed by atoms with van der Waals surface area (Å²) in [6, 6.07) is -4.81. The fourth-order valence-corrected chi connectivity index (χ4v) is 17.3. The normalized spacial score (nSPS) is 21.3. The zero-order chi connectivity index (χ0) is 102. The van der Waals surface area contributed by atoms with Crippen LogP contribution in [-0.2, 0) is 117 Å². The van der Waals surface area contributed by atoms with E-state index in [1.54, 1.807) is 121 Å². The lowest BCUT2D eigenvalue weighted by molar-refractivity contribution is -0.143. The molecule has 48 heteroatoms. The molecule has 0 saturated carbocycles. The number of imidazole rings is 1. The molecule has 1 saturated heterocycles. The van der Waals surface area contributed by atoms with Gasteiger partial charge in [-0.05, 0) is 91.5 Å². The van der Waals surface area contributed by atoms with Crippen LogP contribution in [0.3, 0.4) is 0 Å². The zero-order valence-corrected chi connectivity index (χ0v) is 79.6. The first-order valence-corrected chi connectivity index (χ1v) is 48.1. The Morgan fingerprint density at radius 3 is 1.44 bits per heavy atom. The summed E-state index contributed by atoms with van der Waals surface area (Å²) in [5, 5.41) is 97.7. The zero-order valence-electron chi connectivity index (χ0n) is 78.0. The number of nitrogens with one attached hydrogen (secondary N) is 19. The second-order valence-corrected chi connectivity index (χ2v) is 37.1. The van der Waals surface area contributed by atoms with Gasteiger partial charge in [0, 0.05) is 103 Å². The molecule has 3 aromatic heterocycles. The minimum Gasteiger partial charge on any atom is -0.481 e. The van der Waals surface area contributed by atoms with Gasteiger partial charge in [0.05, 0.1) is 24.5 Å². The number of carboxylic acid groups (broad SMARTS) is 5. The minimum absolute atomic E-state index is 0.00882. The highest BCUT2D eigenvalue weighted by atomic mass is 33.1. The summed E-state index contributed by atoms with van der Waals surface area (Å²) in [4.78, 5) is 286. The van der Waals surface area contributed by atoms with Gasteiger partial charge in [-0.2, -0.15) is 0 Å². The first-order chi connectivity index (χ1) is 66.0. The van der Waals surface area contributed by atoms with Crippen LogP contribution in [0.1, 0.15) is 161 Å². The molecule has 0 spiro atoms. The molecule has 14 amide bonds. The molecule has 3 aromatic carbocycles. The lowest BCUT2D eigenvalue weighted by Gasteiger charge is -2.30. The van der Waals surface area contributed by atoms with Crippen molar-refractivity contribution < 1.29 is 117 Å². The standard InChI is InChI=1S/C91H126N22O24S2/c1-8-10-23-58-77(123)107-64(36-50-40-97-56-24-16-14-21-53(50)56)83(129)102-61(28-31-71(116)117)80(126)108-65(37-51-41-98-57-25-17-15-22-54(51)57)84(130)103-62(29-32-72(118)119)81(127)111-69(87(133)106-63(35-49-19-12-11-13-20-49)82(128)101-60(27-30-70(114)115)79(125)100-59(26-18-33-96-91(93)94)78(124)110-68(90(136)137)34-46(3)4)44-139-138-43-55(92)76(122)105-67(39-73(120)121)86(132)113-75(48(7)9-2)89(135)109-66(38-52-42-95-45-99-52)85(131)112-74(47(5)6)88(134)104-58/h11-17,19-22,24-25,40-42,45-48,55,58-69,74-75,97-98H,8-10,18,23,26-39,43-44,92H2,1-7H3,(H,95,99)(H,100,125)(H,101,128)(H,102,129)(H,103,130)(H,104,134)(H,105,122)(H,106,133)(H,107,123)(H,108,126)(H,109,135)(H,110,124)(H,111,127)(H,112,131)(H,113,132)(H,114,115)(H,116,117)(H,118,119)(H,120,121)(H,136,137)(H4,93,94,96)/t48-,55-,58-,59-,60-,61-,62-,63-,64-,65-,66-,67-,68-,69-,74-,75-/m0/s1. The van der Waals surface area contributed by atoms with Crippen molar-refractivity contribution in [1.29, 1.82) is 5.41 Å². The van der Waals surface area contributed by atoms with Crippen LogP contribution in [0.15, 0.2) is 104 Å². The molecule has 0 bridgehead atoms. The van der Waals surface area contributed by atoms with Gasteiger partial charge in [-0.1, -0.05) is 156 Å². The number of carbonyl (C=O) groups excluding carboxylic acids is 14. The molecule has 4 heterocycles. The van der Waals surface area contributed by atoms with Crippen LogP contribution in [-0.4, -0.2) is 273 Å². The molecule has 1 aliphatic rings. The van der Waals surface area contributed by atoms with Gasteiger partial charge in [-0.3, -0.25) is 91.7 Å². The third-order valence-electron chi connectivity index (χ3n) is 22.8. The minimum atomic E-state index is -2.03. The summed E-state index contributed by atoms with van der Waals surface area (Å²) in [6.45, 7) is 11.5. The van der Waals surface area contributed by atoms with Gasteiger partial charge in [-0.15, -0.1) is 0 Å². The number of nitrogens with zero attached hydrogens (tertiary/aromatic N) is 1. The molecule has 0 unspecified atom stereocenters. The average Bonchev–Trinajstić information content (AvgIpc) is 1.63. The number of aromatic nitrogens is 4. The van der Waals surface area contributed by atoms with Gasteiger partial charge < -0.3 is 132 Å². The van der Waals surface area contributed by atoms with E-state index in [1.807, 2.05) is 0 Å². The Balaban J connectivity index is 1.36. The predicted molar refractivity (Wildman–Crippen MR) is 509 cm³/mol. The summed E-state index contributed by atoms with van der Waals surface area (Å²) < 4.78 is 0. The summed E-state index contributed by atoms with van der Waals surface area (Å²) in [6.07, 6.45) is -1.26. The van der Waals surface area contributed by atoms with Crippen LogP contribution in [0.5, 0.6) is 0 Å². The van der Waals surface area contributed by atoms with Crippen LogP contribution in [0.2, 0.25) is 0 Å². The molecule has 7 rings (SSSR count). The fourth-order valence-electron chi connectivity index (χ4n) is 15.0. The Bertz CT molecular complexity index is 5290. The number of H-pyrrole nitrogens is 3. The van der Waals surface area contributed by atoms with Gasteiger partial charge in [0.2, 0.25) is 82.7 Å². The molecule has 0 aliphatic carbocycles. The van der Waals surface area contributed by atoms with Crippen molar-refractivity contribution in [3.63, 3.8) is 0 Å². The predicted octanol–water partition coefficient (Wildman–Crippen LogP) is -0.492. The van der Waals surface area contributed by atoms with Crippen molar-refractivity contribution in [1.82, 2.24) is 99.7 Å². The Morgan fingerprint density at radius 2 is 0.928 bits per heavy atom. The van der Waals surface area contributed by atoms with Crippen LogP contribution in [0, 0.1) is 23.2 Å². The van der Waals surface area contributed by atoms with Gasteiger partial charge in [0.1, 0.15) is 84.6 Å². The number of guanidine groups is 1. The highest BCUT2D eigenvalue weighted by molar-refractivity contribution is 8.76. The Hall–Kier alpha value is -14.2. The van der Waals surface area contributed by atoms with E-state index in [1.165, 1.54) is 30.9 Å². The summed E-state index contributed by atoms with van der Waals surface area (Å²) in [5.74, 6) is -26.8. The molecule has 6 aromatic rings. The van der Waals surface area contributed by atoms with E-state index in [9.17, 15) is 83.1 Å². The molecular weight excluding hydrogens is 1850 g/mol. The molecule has 46 nitrogen and oxygen atoms in total. The summed E-state index contributed by atoms with van der Waals surface area (Å²) >= 11 is 0. The van der Waals surface area contributed by atoms with E-state index < -0.39 is 290 Å². The lowest BCUT2D eigenvalue weighted by atomic mass is 9.96. The quantitative estimate of drug-likeness (QED) is 0.00998. The van der Waals surface area contributed by atoms with Crippen molar-refractivity contribution >= 4 is 162 Å². The highest BCUT2D eigenvalue weighted by Crippen LogP contribution is 2.26. The second kappa shape index (κ2) is 55.9. The Morgan fingerprint density at radius 1 is 0.475 bits per heavy atom. The number of nitrogens with two attached hydrogens (primary N) is 2. The number of amides is 14. The van der Waals surface area contributed by atoms with E-state index in [4.69, 9.17) is 16.9 Å². The monoisotopic (exact) mass is 1970 g/mol. The smallest absolute Gasteiger partial charge is 0.326 e. The number of hydrogen-bond acceptors (Lipinski definition) is 24.